The summed E-state index contributed by atoms with van der Waals surface area (Å²) in [5.74, 6) is 0.689. The van der Waals surface area contributed by atoms with Crippen molar-refractivity contribution in [3.05, 3.63) is 95.6 Å². The van der Waals surface area contributed by atoms with Gasteiger partial charge in [-0.2, -0.15) is 0 Å². The van der Waals surface area contributed by atoms with Gasteiger partial charge in [-0.15, -0.1) is 0 Å². The van der Waals surface area contributed by atoms with E-state index in [0.717, 1.165) is 12.1 Å². The summed E-state index contributed by atoms with van der Waals surface area (Å²) in [7, 11) is -6.29. The van der Waals surface area contributed by atoms with Gasteiger partial charge in [0, 0.05) is 6.54 Å². The molecule has 0 atom stereocenters. The van der Waals surface area contributed by atoms with Gasteiger partial charge in [0.1, 0.15) is 18.1 Å². The van der Waals surface area contributed by atoms with Crippen LogP contribution in [0.2, 0.25) is 0 Å². The van der Waals surface area contributed by atoms with Gasteiger partial charge in [0.25, 0.3) is 0 Å². The van der Waals surface area contributed by atoms with E-state index in [4.69, 9.17) is 4.74 Å². The van der Waals surface area contributed by atoms with E-state index < -0.39 is 27.0 Å². The van der Waals surface area contributed by atoms with E-state index >= 15 is 0 Å². The highest BCUT2D eigenvalue weighted by Gasteiger charge is 2.43. The Morgan fingerprint density at radius 3 is 1.97 bits per heavy atom. The van der Waals surface area contributed by atoms with Crippen LogP contribution in [0.5, 0.6) is 11.5 Å². The molecular weight excluding hydrogens is 528 g/mol. The Morgan fingerprint density at radius 2 is 1.42 bits per heavy atom. The fourth-order valence-electron chi connectivity index (χ4n) is 4.10. The number of hydrogen-bond donors (Lipinski definition) is 5. The third-order valence-corrected chi connectivity index (χ3v) is 9.81. The Hall–Kier alpha value is -2.74. The van der Waals surface area contributed by atoms with Gasteiger partial charge in [0.15, 0.2) is 5.40 Å². The molecule has 3 aromatic carbocycles. The molecular formula is C27H33NO8P2. The summed E-state index contributed by atoms with van der Waals surface area (Å²) in [4.78, 5) is 40.8. The second-order valence-electron chi connectivity index (χ2n) is 9.14. The predicted molar refractivity (Wildman–Crippen MR) is 148 cm³/mol. The third kappa shape index (κ3) is 8.38. The minimum atomic E-state index is -5.10. The van der Waals surface area contributed by atoms with E-state index in [-0.39, 0.29) is 12.2 Å². The lowest BCUT2D eigenvalue weighted by Crippen LogP contribution is -2.19. The van der Waals surface area contributed by atoms with Crippen molar-refractivity contribution < 1.29 is 38.5 Å². The molecule has 0 radical (unpaired) electrons. The third-order valence-electron chi connectivity index (χ3n) is 5.94. The van der Waals surface area contributed by atoms with Gasteiger partial charge in [0.2, 0.25) is 0 Å². The molecule has 0 aliphatic heterocycles. The van der Waals surface area contributed by atoms with Gasteiger partial charge in [-0.3, -0.25) is 9.13 Å². The SMILES string of the molecule is CN(C)CCOc1ccc(/C(=C(\CCC(P(=O)(O)O)P(=O)(O)O)c2ccccc2)c2cccc(O)c2)cc1. The zero-order valence-corrected chi connectivity index (χ0v) is 23.0. The van der Waals surface area contributed by atoms with Crippen molar-refractivity contribution >= 4 is 26.3 Å². The lowest BCUT2D eigenvalue weighted by molar-refractivity contribution is 0.261. The minimum absolute atomic E-state index is 0.0272. The molecule has 0 heterocycles. The number of aromatic hydroxyl groups is 1. The van der Waals surface area contributed by atoms with Crippen LogP contribution in [0.4, 0.5) is 0 Å². The molecule has 3 rings (SSSR count). The largest absolute Gasteiger partial charge is 0.508 e. The quantitative estimate of drug-likeness (QED) is 0.156. The molecule has 3 aromatic rings. The summed E-state index contributed by atoms with van der Waals surface area (Å²) >= 11 is 0. The summed E-state index contributed by atoms with van der Waals surface area (Å²) in [5, 5.41) is 8.09. The van der Waals surface area contributed by atoms with Crippen molar-refractivity contribution in [1.29, 1.82) is 0 Å². The first-order valence-corrected chi connectivity index (χ1v) is 15.3. The Bertz CT molecular complexity index is 1310. The molecule has 5 N–H and O–H groups in total. The number of rotatable bonds is 12. The average Bonchev–Trinajstić information content (AvgIpc) is 2.83. The van der Waals surface area contributed by atoms with E-state index in [0.29, 0.717) is 34.6 Å². The van der Waals surface area contributed by atoms with Gasteiger partial charge in [-0.05, 0) is 79.0 Å². The number of benzene rings is 3. The maximum atomic E-state index is 12.0. The van der Waals surface area contributed by atoms with E-state index in [9.17, 15) is 33.8 Å². The van der Waals surface area contributed by atoms with Crippen LogP contribution in [0.1, 0.15) is 29.5 Å². The first-order valence-electron chi connectivity index (χ1n) is 11.9. The van der Waals surface area contributed by atoms with Gasteiger partial charge >= 0.3 is 15.2 Å². The predicted octanol–water partition coefficient (Wildman–Crippen LogP) is 4.75. The molecule has 0 unspecified atom stereocenters. The highest BCUT2D eigenvalue weighted by Crippen LogP contribution is 2.62. The summed E-state index contributed by atoms with van der Waals surface area (Å²) in [6.45, 7) is 1.25. The summed E-state index contributed by atoms with van der Waals surface area (Å²) in [6, 6.07) is 23.0. The first kappa shape index (κ1) is 29.8. The number of phenols is 1. The van der Waals surface area contributed by atoms with Crippen LogP contribution in [0, 0.1) is 0 Å². The van der Waals surface area contributed by atoms with E-state index in [1.165, 1.54) is 6.07 Å². The zero-order chi connectivity index (χ0) is 27.9. The Kier molecular flexibility index (Phi) is 10.1. The maximum Gasteiger partial charge on any atom is 0.340 e. The standard InChI is InChI=1S/C27H33NO8P2/c1-28(2)17-18-36-24-13-11-21(12-14-24)27(22-9-6-10-23(29)19-22)25(20-7-4-3-5-8-20)15-16-26(37(30,31)32)38(33,34)35/h3-14,19,26,29H,15-18H2,1-2H3,(H2,30,31,32)(H2,33,34,35)/b27-25-. The fourth-order valence-corrected chi connectivity index (χ4v) is 6.60. The van der Waals surface area contributed by atoms with Crippen LogP contribution in [-0.2, 0) is 9.13 Å². The van der Waals surface area contributed by atoms with Crippen LogP contribution in [-0.4, -0.2) is 62.2 Å². The highest BCUT2D eigenvalue weighted by molar-refractivity contribution is 7.70. The molecule has 0 aliphatic rings. The van der Waals surface area contributed by atoms with Gasteiger partial charge in [-0.1, -0.05) is 54.6 Å². The summed E-state index contributed by atoms with van der Waals surface area (Å²) in [6.07, 6.45) is -0.496. The number of hydrogen-bond acceptors (Lipinski definition) is 5. The van der Waals surface area contributed by atoms with Crippen LogP contribution in [0.3, 0.4) is 0 Å². The molecule has 0 aromatic heterocycles. The lowest BCUT2D eigenvalue weighted by atomic mass is 9.87. The molecule has 0 amide bonds. The molecule has 0 aliphatic carbocycles. The maximum absolute atomic E-state index is 12.0. The van der Waals surface area contributed by atoms with Crippen LogP contribution in [0.25, 0.3) is 11.1 Å². The van der Waals surface area contributed by atoms with Gasteiger partial charge < -0.3 is 34.3 Å². The van der Waals surface area contributed by atoms with Crippen molar-refractivity contribution in [1.82, 2.24) is 4.90 Å². The molecule has 204 valence electrons. The molecule has 38 heavy (non-hydrogen) atoms. The minimum Gasteiger partial charge on any atom is -0.508 e. The highest BCUT2D eigenvalue weighted by atomic mass is 31.2. The van der Waals surface area contributed by atoms with Crippen LogP contribution < -0.4 is 4.74 Å². The van der Waals surface area contributed by atoms with Crippen molar-refractivity contribution in [2.24, 2.45) is 0 Å². The monoisotopic (exact) mass is 561 g/mol. The zero-order valence-electron chi connectivity index (χ0n) is 21.2. The number of allylic oxidation sites excluding steroid dienone is 1. The smallest absolute Gasteiger partial charge is 0.340 e. The van der Waals surface area contributed by atoms with Gasteiger partial charge in [0.05, 0.1) is 0 Å². The number of ether oxygens (including phenoxy) is 1. The lowest BCUT2D eigenvalue weighted by Gasteiger charge is -2.22. The fraction of sp³-hybridized carbons (Fsp3) is 0.259. The molecule has 9 nitrogen and oxygen atoms in total. The molecule has 0 saturated carbocycles. The topological polar surface area (TPSA) is 148 Å². The molecule has 0 saturated heterocycles. The van der Waals surface area contributed by atoms with E-state index in [1.807, 2.05) is 61.5 Å². The Balaban J connectivity index is 2.15. The van der Waals surface area contributed by atoms with Crippen molar-refractivity contribution in [2.75, 3.05) is 27.2 Å². The van der Waals surface area contributed by atoms with Crippen molar-refractivity contribution in [3.63, 3.8) is 0 Å². The number of nitrogens with zero attached hydrogens (tertiary/aromatic N) is 1. The second-order valence-corrected chi connectivity index (χ2v) is 13.2. The van der Waals surface area contributed by atoms with E-state index in [1.54, 1.807) is 30.3 Å². The van der Waals surface area contributed by atoms with Crippen molar-refractivity contribution in [3.8, 4) is 11.5 Å². The summed E-state index contributed by atoms with van der Waals surface area (Å²) in [5.41, 5.74) is 3.35. The first-order chi connectivity index (χ1) is 17.9. The molecule has 0 spiro atoms. The molecule has 11 heteroatoms. The Labute approximate surface area is 222 Å². The van der Waals surface area contributed by atoms with Gasteiger partial charge in [-0.25, -0.2) is 0 Å². The molecule has 0 bridgehead atoms. The number of likely N-dealkylation sites (N-methyl/N-ethyl adjacent to an activating group) is 1. The molecule has 0 fully saturated rings. The second kappa shape index (κ2) is 12.9. The number of phenolic OH excluding ortho intramolecular Hbond substituents is 1. The van der Waals surface area contributed by atoms with Crippen LogP contribution in [0.15, 0.2) is 78.9 Å². The summed E-state index contributed by atoms with van der Waals surface area (Å²) < 4.78 is 29.8. The normalized spacial score (nSPS) is 13.1. The van der Waals surface area contributed by atoms with Crippen LogP contribution >= 0.6 is 15.2 Å². The Morgan fingerprint density at radius 1 is 0.816 bits per heavy atom. The average molecular weight is 562 g/mol. The van der Waals surface area contributed by atoms with Crippen molar-refractivity contribution in [2.45, 2.75) is 18.2 Å². The van der Waals surface area contributed by atoms with E-state index in [2.05, 4.69) is 0 Å².